The van der Waals surface area contributed by atoms with E-state index in [9.17, 15) is 22.8 Å². The van der Waals surface area contributed by atoms with Crippen LogP contribution in [0.5, 0.6) is 5.75 Å². The average Bonchev–Trinajstić information content (AvgIpc) is 2.79. The van der Waals surface area contributed by atoms with Crippen LogP contribution < -0.4 is 10.1 Å². The standard InChI is InChI=1S/C26H25F3N2O4/c1-16-19(8-13-22(31-16)18-6-9-20(10-7-18)26(27,28)29)14-23(32)30-15-17-4-11-21(12-5-17)35-25(2,3)24(33)34/h4-13H,14-15H2,1-3H3,(H,30,32)(H,33,34). The third-order valence-corrected chi connectivity index (χ3v) is 5.36. The van der Waals surface area contributed by atoms with Gasteiger partial charge in [-0.1, -0.05) is 30.3 Å². The van der Waals surface area contributed by atoms with Crippen molar-refractivity contribution >= 4 is 11.9 Å². The quantitative estimate of drug-likeness (QED) is 0.458. The van der Waals surface area contributed by atoms with Crippen molar-refractivity contribution in [2.24, 2.45) is 0 Å². The highest BCUT2D eigenvalue weighted by molar-refractivity contribution is 5.79. The number of alkyl halides is 3. The van der Waals surface area contributed by atoms with Crippen LogP contribution in [0, 0.1) is 6.92 Å². The first-order chi connectivity index (χ1) is 16.3. The third kappa shape index (κ3) is 6.81. The van der Waals surface area contributed by atoms with Gasteiger partial charge in [0.05, 0.1) is 17.7 Å². The smallest absolute Gasteiger partial charge is 0.416 e. The maximum absolute atomic E-state index is 12.8. The molecule has 0 spiro atoms. The van der Waals surface area contributed by atoms with Gasteiger partial charge in [0.15, 0.2) is 5.60 Å². The Kier molecular flexibility index (Phi) is 7.48. The van der Waals surface area contributed by atoms with E-state index in [1.54, 1.807) is 43.3 Å². The molecule has 0 radical (unpaired) electrons. The number of aryl methyl sites for hydroxylation is 1. The number of carboxylic acid groups (broad SMARTS) is 1. The van der Waals surface area contributed by atoms with E-state index in [0.29, 0.717) is 28.3 Å². The van der Waals surface area contributed by atoms with Crippen LogP contribution in [-0.4, -0.2) is 27.6 Å². The van der Waals surface area contributed by atoms with Crippen LogP contribution in [0.3, 0.4) is 0 Å². The molecule has 1 aromatic heterocycles. The van der Waals surface area contributed by atoms with E-state index in [1.807, 2.05) is 0 Å². The van der Waals surface area contributed by atoms with Crippen molar-refractivity contribution in [3.05, 3.63) is 83.0 Å². The molecule has 0 saturated carbocycles. The molecule has 0 aliphatic carbocycles. The number of aliphatic carboxylic acids is 1. The topological polar surface area (TPSA) is 88.5 Å². The molecule has 0 saturated heterocycles. The van der Waals surface area contributed by atoms with Gasteiger partial charge in [0.2, 0.25) is 5.91 Å². The van der Waals surface area contributed by atoms with E-state index in [-0.39, 0.29) is 18.9 Å². The fourth-order valence-corrected chi connectivity index (χ4v) is 3.22. The van der Waals surface area contributed by atoms with Gasteiger partial charge in [-0.2, -0.15) is 13.2 Å². The molecule has 0 fully saturated rings. The van der Waals surface area contributed by atoms with Gasteiger partial charge < -0.3 is 15.2 Å². The second-order valence-corrected chi connectivity index (χ2v) is 8.53. The lowest BCUT2D eigenvalue weighted by atomic mass is 10.0. The number of ether oxygens (including phenoxy) is 1. The van der Waals surface area contributed by atoms with Crippen molar-refractivity contribution in [2.75, 3.05) is 0 Å². The summed E-state index contributed by atoms with van der Waals surface area (Å²) in [5, 5.41) is 12.0. The number of halogens is 3. The van der Waals surface area contributed by atoms with Gasteiger partial charge in [0, 0.05) is 17.8 Å². The third-order valence-electron chi connectivity index (χ3n) is 5.36. The van der Waals surface area contributed by atoms with Gasteiger partial charge in [-0.05, 0) is 62.2 Å². The minimum absolute atomic E-state index is 0.0973. The van der Waals surface area contributed by atoms with Crippen LogP contribution in [0.1, 0.15) is 36.2 Å². The minimum atomic E-state index is -4.40. The van der Waals surface area contributed by atoms with Crippen LogP contribution in [-0.2, 0) is 28.7 Å². The number of carboxylic acids is 1. The first kappa shape index (κ1) is 25.7. The summed E-state index contributed by atoms with van der Waals surface area (Å²) in [6.07, 6.45) is -4.30. The first-order valence-electron chi connectivity index (χ1n) is 10.8. The maximum Gasteiger partial charge on any atom is 0.416 e. The van der Waals surface area contributed by atoms with Crippen molar-refractivity contribution in [1.29, 1.82) is 0 Å². The molecule has 0 aliphatic heterocycles. The van der Waals surface area contributed by atoms with Gasteiger partial charge in [0.25, 0.3) is 0 Å². The highest BCUT2D eigenvalue weighted by Gasteiger charge is 2.30. The number of amides is 1. The Hall–Kier alpha value is -3.88. The summed E-state index contributed by atoms with van der Waals surface area (Å²) in [7, 11) is 0. The van der Waals surface area contributed by atoms with Gasteiger partial charge in [-0.15, -0.1) is 0 Å². The van der Waals surface area contributed by atoms with E-state index in [4.69, 9.17) is 9.84 Å². The Labute approximate surface area is 200 Å². The van der Waals surface area contributed by atoms with E-state index in [0.717, 1.165) is 17.7 Å². The Balaban J connectivity index is 1.57. The Morgan fingerprint density at radius 2 is 1.60 bits per heavy atom. The Bertz CT molecular complexity index is 1200. The van der Waals surface area contributed by atoms with Crippen LogP contribution >= 0.6 is 0 Å². The molecule has 6 nitrogen and oxygen atoms in total. The second-order valence-electron chi connectivity index (χ2n) is 8.53. The van der Waals surface area contributed by atoms with Crippen LogP contribution in [0.25, 0.3) is 11.3 Å². The molecule has 2 aromatic carbocycles. The number of carbonyl (C=O) groups excluding carboxylic acids is 1. The number of nitrogens with zero attached hydrogens (tertiary/aromatic N) is 1. The average molecular weight is 486 g/mol. The summed E-state index contributed by atoms with van der Waals surface area (Å²) >= 11 is 0. The Morgan fingerprint density at radius 1 is 0.971 bits per heavy atom. The van der Waals surface area contributed by atoms with Crippen LogP contribution in [0.2, 0.25) is 0 Å². The molecule has 35 heavy (non-hydrogen) atoms. The number of rotatable bonds is 8. The van der Waals surface area contributed by atoms with Gasteiger partial charge in [0.1, 0.15) is 5.75 Å². The Morgan fingerprint density at radius 3 is 2.14 bits per heavy atom. The number of aromatic nitrogens is 1. The largest absolute Gasteiger partial charge is 0.478 e. The zero-order chi connectivity index (χ0) is 25.8. The van der Waals surface area contributed by atoms with Crippen molar-refractivity contribution in [1.82, 2.24) is 10.3 Å². The highest BCUT2D eigenvalue weighted by atomic mass is 19.4. The van der Waals surface area contributed by atoms with E-state index in [2.05, 4.69) is 10.3 Å². The van der Waals surface area contributed by atoms with Crippen molar-refractivity contribution in [2.45, 2.75) is 45.5 Å². The molecule has 1 amide bonds. The van der Waals surface area contributed by atoms with Gasteiger partial charge in [-0.3, -0.25) is 9.78 Å². The molecule has 0 aliphatic rings. The number of hydrogen-bond donors (Lipinski definition) is 2. The summed E-state index contributed by atoms with van der Waals surface area (Å²) in [5.74, 6) is -0.891. The SMILES string of the molecule is Cc1nc(-c2ccc(C(F)(F)F)cc2)ccc1CC(=O)NCc1ccc(OC(C)(C)C(=O)O)cc1. The summed E-state index contributed by atoms with van der Waals surface area (Å²) in [6, 6.07) is 14.9. The molecule has 0 bridgehead atoms. The zero-order valence-corrected chi connectivity index (χ0v) is 19.4. The molecule has 0 unspecified atom stereocenters. The monoisotopic (exact) mass is 486 g/mol. The zero-order valence-electron chi connectivity index (χ0n) is 19.4. The fourth-order valence-electron chi connectivity index (χ4n) is 3.22. The van der Waals surface area contributed by atoms with Crippen LogP contribution in [0.15, 0.2) is 60.7 Å². The lowest BCUT2D eigenvalue weighted by Gasteiger charge is -2.21. The number of pyridine rings is 1. The van der Waals surface area contributed by atoms with E-state index in [1.165, 1.54) is 26.0 Å². The fraction of sp³-hybridized carbons (Fsp3) is 0.269. The lowest BCUT2D eigenvalue weighted by molar-refractivity contribution is -0.152. The minimum Gasteiger partial charge on any atom is -0.478 e. The van der Waals surface area contributed by atoms with Crippen molar-refractivity contribution < 1.29 is 32.6 Å². The van der Waals surface area contributed by atoms with Gasteiger partial charge in [-0.25, -0.2) is 4.79 Å². The summed E-state index contributed by atoms with van der Waals surface area (Å²) in [5.41, 5.74) is 1.12. The molecule has 3 rings (SSSR count). The van der Waals surface area contributed by atoms with Gasteiger partial charge >= 0.3 is 12.1 Å². The van der Waals surface area contributed by atoms with E-state index < -0.39 is 23.3 Å². The molecule has 184 valence electrons. The van der Waals surface area contributed by atoms with Crippen LogP contribution in [0.4, 0.5) is 13.2 Å². The molecular weight excluding hydrogens is 461 g/mol. The summed E-state index contributed by atoms with van der Waals surface area (Å²) in [6.45, 7) is 4.93. The number of hydrogen-bond acceptors (Lipinski definition) is 4. The highest BCUT2D eigenvalue weighted by Crippen LogP contribution is 2.30. The summed E-state index contributed by atoms with van der Waals surface area (Å²) in [4.78, 5) is 28.0. The number of carbonyl (C=O) groups is 2. The second kappa shape index (κ2) is 10.2. The molecule has 9 heteroatoms. The molecule has 2 N–H and O–H groups in total. The first-order valence-corrected chi connectivity index (χ1v) is 10.8. The molecule has 3 aromatic rings. The molecular formula is C26H25F3N2O4. The normalized spacial score (nSPS) is 11.7. The summed E-state index contributed by atoms with van der Waals surface area (Å²) < 4.78 is 43.7. The predicted molar refractivity (Wildman–Crippen MR) is 124 cm³/mol. The van der Waals surface area contributed by atoms with E-state index >= 15 is 0 Å². The molecule has 0 atom stereocenters. The maximum atomic E-state index is 12.8. The number of nitrogens with one attached hydrogen (secondary N) is 1. The van der Waals surface area contributed by atoms with Crippen molar-refractivity contribution in [3.63, 3.8) is 0 Å². The lowest BCUT2D eigenvalue weighted by Crippen LogP contribution is -2.37. The van der Waals surface area contributed by atoms with Crippen molar-refractivity contribution in [3.8, 4) is 17.0 Å². The predicted octanol–water partition coefficient (Wildman–Crippen LogP) is 5.18. The number of benzene rings is 2. The molecule has 1 heterocycles.